The molecule has 1 fully saturated rings. The van der Waals surface area contributed by atoms with Gasteiger partial charge in [-0.3, -0.25) is 0 Å². The SMILES string of the molecule is C[C@H]1CCN(c2ccc(Br)cn2)C[C@H]1n1ccnc1. The van der Waals surface area contributed by atoms with E-state index in [1.807, 2.05) is 24.8 Å². The fourth-order valence-electron chi connectivity index (χ4n) is 2.67. The third-order valence-corrected chi connectivity index (χ3v) is 4.33. The lowest BCUT2D eigenvalue weighted by Crippen LogP contribution is -2.40. The Bertz CT molecular complexity index is 523. The third-order valence-electron chi connectivity index (χ3n) is 3.86. The van der Waals surface area contributed by atoms with Gasteiger partial charge in [-0.1, -0.05) is 6.92 Å². The summed E-state index contributed by atoms with van der Waals surface area (Å²) in [5, 5.41) is 0. The minimum absolute atomic E-state index is 0.474. The van der Waals surface area contributed by atoms with Gasteiger partial charge in [0.25, 0.3) is 0 Å². The molecule has 2 aromatic rings. The van der Waals surface area contributed by atoms with Gasteiger partial charge in [-0.15, -0.1) is 0 Å². The van der Waals surface area contributed by atoms with Gasteiger partial charge in [0, 0.05) is 36.2 Å². The summed E-state index contributed by atoms with van der Waals surface area (Å²) in [6.07, 6.45) is 8.86. The standard InChI is InChI=1S/C14H17BrN4/c1-11-4-6-18(14-3-2-12(15)8-17-14)9-13(11)19-7-5-16-10-19/h2-3,5,7-8,10-11,13H,4,6,9H2,1H3/t11-,13+/m0/s1. The highest BCUT2D eigenvalue weighted by Gasteiger charge is 2.27. The molecule has 1 saturated heterocycles. The third kappa shape index (κ3) is 2.66. The molecule has 3 heterocycles. The molecule has 2 atom stereocenters. The van der Waals surface area contributed by atoms with Crippen molar-refractivity contribution in [3.63, 3.8) is 0 Å². The second-order valence-corrected chi connectivity index (χ2v) is 6.04. The number of anilines is 1. The molecule has 0 saturated carbocycles. The lowest BCUT2D eigenvalue weighted by Gasteiger charge is -2.38. The van der Waals surface area contributed by atoms with Crippen molar-refractivity contribution in [1.29, 1.82) is 0 Å². The zero-order valence-electron chi connectivity index (χ0n) is 10.9. The highest BCUT2D eigenvalue weighted by atomic mass is 79.9. The number of imidazole rings is 1. The van der Waals surface area contributed by atoms with E-state index in [0.717, 1.165) is 23.4 Å². The molecule has 0 spiro atoms. The summed E-state index contributed by atoms with van der Waals surface area (Å²) in [6, 6.07) is 4.60. The van der Waals surface area contributed by atoms with E-state index in [0.29, 0.717) is 12.0 Å². The van der Waals surface area contributed by atoms with Crippen molar-refractivity contribution in [2.24, 2.45) is 5.92 Å². The zero-order chi connectivity index (χ0) is 13.2. The Labute approximate surface area is 121 Å². The first kappa shape index (κ1) is 12.7. The Kier molecular flexibility index (Phi) is 3.55. The molecule has 0 amide bonds. The number of nitrogens with zero attached hydrogens (tertiary/aromatic N) is 4. The van der Waals surface area contributed by atoms with E-state index in [2.05, 4.69) is 54.6 Å². The monoisotopic (exact) mass is 320 g/mol. The summed E-state index contributed by atoms with van der Waals surface area (Å²) in [5.41, 5.74) is 0. The Morgan fingerprint density at radius 2 is 2.26 bits per heavy atom. The quantitative estimate of drug-likeness (QED) is 0.852. The molecule has 100 valence electrons. The van der Waals surface area contributed by atoms with Crippen molar-refractivity contribution in [1.82, 2.24) is 14.5 Å². The molecule has 0 aliphatic carbocycles. The van der Waals surface area contributed by atoms with Crippen molar-refractivity contribution in [3.8, 4) is 0 Å². The molecule has 2 aromatic heterocycles. The summed E-state index contributed by atoms with van der Waals surface area (Å²) in [6.45, 7) is 4.38. The van der Waals surface area contributed by atoms with Gasteiger partial charge in [-0.25, -0.2) is 9.97 Å². The van der Waals surface area contributed by atoms with Crippen LogP contribution in [0.1, 0.15) is 19.4 Å². The minimum Gasteiger partial charge on any atom is -0.355 e. The van der Waals surface area contributed by atoms with Crippen molar-refractivity contribution in [2.45, 2.75) is 19.4 Å². The van der Waals surface area contributed by atoms with Crippen LogP contribution in [0.3, 0.4) is 0 Å². The molecular formula is C14H17BrN4. The van der Waals surface area contributed by atoms with Crippen LogP contribution in [-0.4, -0.2) is 27.6 Å². The highest BCUT2D eigenvalue weighted by Crippen LogP contribution is 2.29. The van der Waals surface area contributed by atoms with Crippen LogP contribution in [-0.2, 0) is 0 Å². The average molecular weight is 321 g/mol. The summed E-state index contributed by atoms with van der Waals surface area (Å²) in [5.74, 6) is 1.72. The maximum absolute atomic E-state index is 4.50. The molecule has 0 N–H and O–H groups in total. The first-order valence-corrected chi connectivity index (χ1v) is 7.37. The Morgan fingerprint density at radius 3 is 2.95 bits per heavy atom. The number of halogens is 1. The van der Waals surface area contributed by atoms with Crippen LogP contribution in [0.5, 0.6) is 0 Å². The number of pyridine rings is 1. The molecule has 0 radical (unpaired) electrons. The first-order chi connectivity index (χ1) is 9.24. The van der Waals surface area contributed by atoms with Gasteiger partial charge in [-0.05, 0) is 40.4 Å². The lowest BCUT2D eigenvalue weighted by atomic mass is 9.93. The van der Waals surface area contributed by atoms with Crippen LogP contribution in [0.15, 0.2) is 41.5 Å². The van der Waals surface area contributed by atoms with E-state index in [1.54, 1.807) is 0 Å². The zero-order valence-corrected chi connectivity index (χ0v) is 12.5. The molecular weight excluding hydrogens is 304 g/mol. The molecule has 0 unspecified atom stereocenters. The van der Waals surface area contributed by atoms with Gasteiger partial charge in [0.15, 0.2) is 0 Å². The van der Waals surface area contributed by atoms with Crippen LogP contribution in [0.4, 0.5) is 5.82 Å². The number of hydrogen-bond acceptors (Lipinski definition) is 3. The molecule has 3 rings (SSSR count). The van der Waals surface area contributed by atoms with E-state index in [9.17, 15) is 0 Å². The van der Waals surface area contributed by atoms with Gasteiger partial charge in [0.05, 0.1) is 12.4 Å². The van der Waals surface area contributed by atoms with Crippen LogP contribution >= 0.6 is 15.9 Å². The van der Waals surface area contributed by atoms with E-state index < -0.39 is 0 Å². The smallest absolute Gasteiger partial charge is 0.128 e. The summed E-state index contributed by atoms with van der Waals surface area (Å²) >= 11 is 3.43. The van der Waals surface area contributed by atoms with Gasteiger partial charge < -0.3 is 9.47 Å². The predicted octanol–water partition coefficient (Wildman–Crippen LogP) is 3.13. The van der Waals surface area contributed by atoms with Crippen molar-refractivity contribution < 1.29 is 0 Å². The molecule has 0 bridgehead atoms. The maximum atomic E-state index is 4.50. The van der Waals surface area contributed by atoms with E-state index in [-0.39, 0.29) is 0 Å². The van der Waals surface area contributed by atoms with Crippen LogP contribution < -0.4 is 4.90 Å². The van der Waals surface area contributed by atoms with Crippen LogP contribution in [0.2, 0.25) is 0 Å². The van der Waals surface area contributed by atoms with Gasteiger partial charge in [-0.2, -0.15) is 0 Å². The Hall–Kier alpha value is -1.36. The van der Waals surface area contributed by atoms with E-state index in [4.69, 9.17) is 0 Å². The number of aromatic nitrogens is 3. The maximum Gasteiger partial charge on any atom is 0.128 e. The Balaban J connectivity index is 1.80. The van der Waals surface area contributed by atoms with E-state index >= 15 is 0 Å². The van der Waals surface area contributed by atoms with E-state index in [1.165, 1.54) is 6.42 Å². The largest absolute Gasteiger partial charge is 0.355 e. The van der Waals surface area contributed by atoms with Crippen molar-refractivity contribution >= 4 is 21.7 Å². The summed E-state index contributed by atoms with van der Waals surface area (Å²) < 4.78 is 3.24. The molecule has 5 heteroatoms. The Morgan fingerprint density at radius 1 is 1.37 bits per heavy atom. The first-order valence-electron chi connectivity index (χ1n) is 6.58. The van der Waals surface area contributed by atoms with Gasteiger partial charge in [0.2, 0.25) is 0 Å². The molecule has 0 aromatic carbocycles. The second kappa shape index (κ2) is 5.33. The topological polar surface area (TPSA) is 34.0 Å². The molecule has 1 aliphatic rings. The fraction of sp³-hybridized carbons (Fsp3) is 0.429. The summed E-state index contributed by atoms with van der Waals surface area (Å²) in [4.78, 5) is 11.0. The average Bonchev–Trinajstić information content (AvgIpc) is 2.94. The number of rotatable bonds is 2. The molecule has 19 heavy (non-hydrogen) atoms. The summed E-state index contributed by atoms with van der Waals surface area (Å²) in [7, 11) is 0. The molecule has 1 aliphatic heterocycles. The van der Waals surface area contributed by atoms with Gasteiger partial charge >= 0.3 is 0 Å². The van der Waals surface area contributed by atoms with Crippen molar-refractivity contribution in [2.75, 3.05) is 18.0 Å². The van der Waals surface area contributed by atoms with Crippen LogP contribution in [0, 0.1) is 5.92 Å². The normalized spacial score (nSPS) is 23.6. The van der Waals surface area contributed by atoms with Crippen LogP contribution in [0.25, 0.3) is 0 Å². The lowest BCUT2D eigenvalue weighted by molar-refractivity contribution is 0.298. The predicted molar refractivity (Wildman–Crippen MR) is 79.2 cm³/mol. The number of hydrogen-bond donors (Lipinski definition) is 0. The fourth-order valence-corrected chi connectivity index (χ4v) is 2.90. The minimum atomic E-state index is 0.474. The van der Waals surface area contributed by atoms with Gasteiger partial charge in [0.1, 0.15) is 5.82 Å². The molecule has 4 nitrogen and oxygen atoms in total. The highest BCUT2D eigenvalue weighted by molar-refractivity contribution is 9.10. The number of piperidine rings is 1. The van der Waals surface area contributed by atoms with Crippen molar-refractivity contribution in [3.05, 3.63) is 41.5 Å². The second-order valence-electron chi connectivity index (χ2n) is 5.12.